The average Bonchev–Trinajstić information content (AvgIpc) is 3.01. The van der Waals surface area contributed by atoms with Crippen molar-refractivity contribution in [1.29, 1.82) is 0 Å². The van der Waals surface area contributed by atoms with Crippen LogP contribution in [0.3, 0.4) is 0 Å². The lowest BCUT2D eigenvalue weighted by Crippen LogP contribution is -2.68. The fourth-order valence-electron chi connectivity index (χ4n) is 9.29. The molecule has 0 radical (unpaired) electrons. The second-order valence-corrected chi connectivity index (χ2v) is 13.9. The van der Waals surface area contributed by atoms with Gasteiger partial charge < -0.3 is 20.1 Å². The van der Waals surface area contributed by atoms with E-state index in [4.69, 9.17) is 4.74 Å². The lowest BCUT2D eigenvalue weighted by atomic mass is 9.41. The van der Waals surface area contributed by atoms with Crippen molar-refractivity contribution in [2.24, 2.45) is 39.9 Å². The van der Waals surface area contributed by atoms with Crippen molar-refractivity contribution in [2.75, 3.05) is 7.11 Å². The van der Waals surface area contributed by atoms with Gasteiger partial charge in [-0.3, -0.25) is 0 Å². The summed E-state index contributed by atoms with van der Waals surface area (Å²) in [6.07, 6.45) is 12.4. The minimum atomic E-state index is -0.770. The number of methoxy groups -OCH3 is 1. The van der Waals surface area contributed by atoms with E-state index in [0.29, 0.717) is 11.8 Å². The minimum absolute atomic E-state index is 0.0121. The van der Waals surface area contributed by atoms with Gasteiger partial charge in [0.15, 0.2) is 0 Å². The molecule has 0 saturated heterocycles. The summed E-state index contributed by atoms with van der Waals surface area (Å²) in [5.74, 6) is 1.43. The van der Waals surface area contributed by atoms with Crippen molar-refractivity contribution in [2.45, 2.75) is 117 Å². The second kappa shape index (κ2) is 8.43. The molecule has 0 bridgehead atoms. The highest BCUT2D eigenvalue weighted by atomic mass is 16.5. The van der Waals surface area contributed by atoms with E-state index >= 15 is 0 Å². The summed E-state index contributed by atoms with van der Waals surface area (Å²) in [5, 5.41) is 32.6. The minimum Gasteiger partial charge on any atom is -0.392 e. The summed E-state index contributed by atoms with van der Waals surface area (Å²) in [4.78, 5) is 0. The first-order chi connectivity index (χ1) is 15.6. The molecule has 0 aromatic carbocycles. The van der Waals surface area contributed by atoms with Crippen LogP contribution >= 0.6 is 0 Å². The topological polar surface area (TPSA) is 69.9 Å². The van der Waals surface area contributed by atoms with Gasteiger partial charge >= 0.3 is 0 Å². The Balaban J connectivity index is 1.70. The smallest absolute Gasteiger partial charge is 0.0805 e. The average molecular weight is 475 g/mol. The summed E-state index contributed by atoms with van der Waals surface area (Å²) in [7, 11) is 1.86. The van der Waals surface area contributed by atoms with E-state index in [-0.39, 0.29) is 39.8 Å². The maximum Gasteiger partial charge on any atom is 0.0805 e. The molecule has 0 amide bonds. The second-order valence-electron chi connectivity index (χ2n) is 13.9. The predicted octanol–water partition coefficient (Wildman–Crippen LogP) is 5.66. The van der Waals surface area contributed by atoms with Crippen LogP contribution in [-0.2, 0) is 4.74 Å². The molecular formula is C30H50O4. The van der Waals surface area contributed by atoms with Gasteiger partial charge in [-0.1, -0.05) is 58.4 Å². The zero-order chi connectivity index (χ0) is 25.3. The molecular weight excluding hydrogens is 424 g/mol. The maximum atomic E-state index is 11.8. The third-order valence-electron chi connectivity index (χ3n) is 11.4. The van der Waals surface area contributed by atoms with Gasteiger partial charge in [0.2, 0.25) is 0 Å². The predicted molar refractivity (Wildman–Crippen MR) is 137 cm³/mol. The third kappa shape index (κ3) is 3.69. The van der Waals surface area contributed by atoms with Gasteiger partial charge in [0.1, 0.15) is 0 Å². The summed E-state index contributed by atoms with van der Waals surface area (Å²) in [5.41, 5.74) is -0.132. The van der Waals surface area contributed by atoms with Crippen molar-refractivity contribution in [3.8, 4) is 0 Å². The fraction of sp³-hybridized carbons (Fsp3) is 0.867. The Hall–Kier alpha value is -0.680. The lowest BCUT2D eigenvalue weighted by Gasteiger charge is -2.66. The molecule has 0 spiro atoms. The molecule has 0 aromatic heterocycles. The third-order valence-corrected chi connectivity index (χ3v) is 11.4. The first-order valence-electron chi connectivity index (χ1n) is 13.7. The first kappa shape index (κ1) is 26.4. The van der Waals surface area contributed by atoms with Crippen molar-refractivity contribution in [1.82, 2.24) is 0 Å². The molecule has 4 aliphatic carbocycles. The molecule has 2 unspecified atom stereocenters. The van der Waals surface area contributed by atoms with Crippen LogP contribution in [0.2, 0.25) is 0 Å². The number of aliphatic hydroxyl groups excluding tert-OH is 2. The number of aliphatic hydroxyl groups is 3. The van der Waals surface area contributed by atoms with Gasteiger partial charge in [0.05, 0.1) is 23.4 Å². The Morgan fingerprint density at radius 3 is 2.35 bits per heavy atom. The highest BCUT2D eigenvalue weighted by Gasteiger charge is 2.71. The molecule has 3 saturated carbocycles. The standard InChI is InChI=1S/C30H50O4/c1-19(10-9-14-26(2,3)33)20-13-15-29(7)25-23(31)18-22-21(11-12-24(32)27(22,4)5)30(25,34-8)17-16-28(20,29)6/h9,14,18-21,23-25,31-33H,10-13,15-17H2,1-8H3/b14-9+/t19-,20-,21?,23+,24+,25?,28-,29+,30-/m1/s1. The lowest BCUT2D eigenvalue weighted by molar-refractivity contribution is -0.235. The number of hydrogen-bond donors (Lipinski definition) is 3. The summed E-state index contributed by atoms with van der Waals surface area (Å²) in [6.45, 7) is 15.2. The van der Waals surface area contributed by atoms with Crippen LogP contribution in [-0.4, -0.2) is 45.8 Å². The number of hydrogen-bond acceptors (Lipinski definition) is 4. The Labute approximate surface area is 207 Å². The molecule has 0 aromatic rings. The molecule has 9 atom stereocenters. The number of allylic oxidation sites excluding steroid dienone is 1. The Morgan fingerprint density at radius 1 is 1.06 bits per heavy atom. The zero-order valence-electron chi connectivity index (χ0n) is 22.9. The van der Waals surface area contributed by atoms with E-state index in [1.54, 1.807) is 0 Å². The van der Waals surface area contributed by atoms with Crippen LogP contribution in [0.4, 0.5) is 0 Å². The van der Waals surface area contributed by atoms with Gasteiger partial charge in [-0.05, 0) is 81.5 Å². The molecule has 4 heteroatoms. The zero-order valence-corrected chi connectivity index (χ0v) is 22.9. The molecule has 0 aliphatic heterocycles. The van der Waals surface area contributed by atoms with E-state index in [1.807, 2.05) is 27.0 Å². The molecule has 34 heavy (non-hydrogen) atoms. The van der Waals surface area contributed by atoms with Crippen LogP contribution in [0.1, 0.15) is 93.4 Å². The molecule has 4 aliphatic rings. The van der Waals surface area contributed by atoms with E-state index < -0.39 is 11.7 Å². The maximum absolute atomic E-state index is 11.8. The molecule has 3 N–H and O–H groups in total. The van der Waals surface area contributed by atoms with Gasteiger partial charge in [-0.25, -0.2) is 0 Å². The van der Waals surface area contributed by atoms with E-state index in [0.717, 1.165) is 38.5 Å². The molecule has 3 fully saturated rings. The Morgan fingerprint density at radius 2 is 1.74 bits per heavy atom. The Kier molecular flexibility index (Phi) is 6.54. The van der Waals surface area contributed by atoms with Crippen molar-refractivity contribution in [3.05, 3.63) is 23.8 Å². The largest absolute Gasteiger partial charge is 0.392 e. The number of rotatable bonds is 5. The van der Waals surface area contributed by atoms with Crippen molar-refractivity contribution < 1.29 is 20.1 Å². The SMILES string of the molecule is CO[C@@]12CC[C@]3(C)[C@@H]([C@H](C)C/C=C/C(C)(C)O)CC[C@@]3(C)C1[C@@H](O)C=C1C2CC[C@H](O)C1(C)C. The van der Waals surface area contributed by atoms with Gasteiger partial charge in [0, 0.05) is 24.4 Å². The molecule has 4 rings (SSSR count). The summed E-state index contributed by atoms with van der Waals surface area (Å²) in [6, 6.07) is 0. The highest BCUT2D eigenvalue weighted by molar-refractivity contribution is 5.34. The van der Waals surface area contributed by atoms with Crippen LogP contribution in [0.5, 0.6) is 0 Å². The molecule has 4 nitrogen and oxygen atoms in total. The van der Waals surface area contributed by atoms with Crippen LogP contribution in [0.15, 0.2) is 23.8 Å². The number of ether oxygens (including phenoxy) is 1. The Bertz CT molecular complexity index is 837. The fourth-order valence-corrected chi connectivity index (χ4v) is 9.29. The van der Waals surface area contributed by atoms with Gasteiger partial charge in [-0.15, -0.1) is 0 Å². The van der Waals surface area contributed by atoms with Crippen molar-refractivity contribution >= 4 is 0 Å². The van der Waals surface area contributed by atoms with Gasteiger partial charge in [0.25, 0.3) is 0 Å². The van der Waals surface area contributed by atoms with Crippen molar-refractivity contribution in [3.63, 3.8) is 0 Å². The van der Waals surface area contributed by atoms with E-state index in [1.165, 1.54) is 12.0 Å². The highest BCUT2D eigenvalue weighted by Crippen LogP contribution is 2.73. The van der Waals surface area contributed by atoms with Crippen LogP contribution in [0.25, 0.3) is 0 Å². The summed E-state index contributed by atoms with van der Waals surface area (Å²) >= 11 is 0. The quantitative estimate of drug-likeness (QED) is 0.450. The van der Waals surface area contributed by atoms with Crippen LogP contribution < -0.4 is 0 Å². The summed E-state index contributed by atoms with van der Waals surface area (Å²) < 4.78 is 6.55. The van der Waals surface area contributed by atoms with Crippen LogP contribution in [0, 0.1) is 39.9 Å². The number of fused-ring (bicyclic) bond motifs is 5. The monoisotopic (exact) mass is 474 g/mol. The normalized spacial score (nSPS) is 47.0. The van der Waals surface area contributed by atoms with E-state index in [2.05, 4.69) is 46.8 Å². The van der Waals surface area contributed by atoms with E-state index in [9.17, 15) is 15.3 Å². The molecule has 0 heterocycles. The van der Waals surface area contributed by atoms with Gasteiger partial charge in [-0.2, -0.15) is 0 Å². The first-order valence-corrected chi connectivity index (χ1v) is 13.7. The molecule has 194 valence electrons.